The minimum Gasteiger partial charge on any atom is -0.481 e. The number of aliphatic carboxylic acids is 1. The Morgan fingerprint density at radius 3 is 2.33 bits per heavy atom. The molecule has 1 rings (SSSR count). The third-order valence-corrected chi connectivity index (χ3v) is 3.22. The Balaban J connectivity index is 2.01. The van der Waals surface area contributed by atoms with E-state index < -0.39 is 5.97 Å². The smallest absolute Gasteiger partial charge is 0.314 e. The van der Waals surface area contributed by atoms with Gasteiger partial charge in [0.25, 0.3) is 0 Å². The second kappa shape index (κ2) is 10.0. The molecule has 1 aromatic rings. The van der Waals surface area contributed by atoms with Crippen LogP contribution < -0.4 is 10.6 Å². The highest BCUT2D eigenvalue weighted by Gasteiger charge is 2.00. The van der Waals surface area contributed by atoms with E-state index in [1.54, 1.807) is 0 Å². The number of urea groups is 1. The van der Waals surface area contributed by atoms with Crippen molar-refractivity contribution < 1.29 is 14.7 Å². The fourth-order valence-electron chi connectivity index (χ4n) is 1.81. The van der Waals surface area contributed by atoms with Gasteiger partial charge in [-0.15, -0.1) is 0 Å². The van der Waals surface area contributed by atoms with Gasteiger partial charge in [0.1, 0.15) is 0 Å². The second-order valence-electron chi connectivity index (χ2n) is 4.76. The first kappa shape index (κ1) is 17.3. The molecule has 5 nitrogen and oxygen atoms in total. The summed E-state index contributed by atoms with van der Waals surface area (Å²) in [4.78, 5) is 21.8. The van der Waals surface area contributed by atoms with E-state index in [0.717, 1.165) is 24.8 Å². The topological polar surface area (TPSA) is 78.4 Å². The number of rotatable bonds is 9. The standard InChI is InChI=1S/C15H21ClN2O3/c16-13-7-5-12(6-8-13)9-11-18-15(21)17-10-3-1-2-4-14(19)20/h5-8H,1-4,9-11H2,(H,19,20)(H2,17,18,21). The summed E-state index contributed by atoms with van der Waals surface area (Å²) < 4.78 is 0. The van der Waals surface area contributed by atoms with Crippen LogP contribution in [-0.4, -0.2) is 30.2 Å². The first-order chi connectivity index (χ1) is 10.1. The van der Waals surface area contributed by atoms with E-state index in [1.807, 2.05) is 24.3 Å². The number of carbonyl (C=O) groups is 2. The zero-order valence-electron chi connectivity index (χ0n) is 11.9. The van der Waals surface area contributed by atoms with Crippen molar-refractivity contribution in [1.82, 2.24) is 10.6 Å². The number of carbonyl (C=O) groups excluding carboxylic acids is 1. The highest BCUT2D eigenvalue weighted by molar-refractivity contribution is 6.30. The lowest BCUT2D eigenvalue weighted by atomic mass is 10.1. The van der Waals surface area contributed by atoms with E-state index in [1.165, 1.54) is 0 Å². The molecule has 0 saturated carbocycles. The molecule has 0 fully saturated rings. The van der Waals surface area contributed by atoms with E-state index in [4.69, 9.17) is 16.7 Å². The van der Waals surface area contributed by atoms with E-state index in [-0.39, 0.29) is 12.5 Å². The Hall–Kier alpha value is -1.75. The maximum Gasteiger partial charge on any atom is 0.314 e. The molecule has 0 aliphatic carbocycles. The molecule has 0 bridgehead atoms. The van der Waals surface area contributed by atoms with Gasteiger partial charge in [-0.3, -0.25) is 4.79 Å². The van der Waals surface area contributed by atoms with Gasteiger partial charge in [0.15, 0.2) is 0 Å². The monoisotopic (exact) mass is 312 g/mol. The third-order valence-electron chi connectivity index (χ3n) is 2.97. The van der Waals surface area contributed by atoms with Crippen LogP contribution in [0.5, 0.6) is 0 Å². The molecule has 1 aromatic carbocycles. The van der Waals surface area contributed by atoms with Crippen molar-refractivity contribution in [3.63, 3.8) is 0 Å². The normalized spacial score (nSPS) is 10.1. The minimum atomic E-state index is -0.775. The Bertz CT molecular complexity index is 449. The van der Waals surface area contributed by atoms with Gasteiger partial charge in [0.05, 0.1) is 0 Å². The van der Waals surface area contributed by atoms with E-state index in [9.17, 15) is 9.59 Å². The molecule has 0 unspecified atom stereocenters. The van der Waals surface area contributed by atoms with Crippen LogP contribution in [0.1, 0.15) is 31.2 Å². The number of carboxylic acids is 1. The molecule has 0 aliphatic rings. The summed E-state index contributed by atoms with van der Waals surface area (Å²) in [7, 11) is 0. The minimum absolute atomic E-state index is 0.188. The van der Waals surface area contributed by atoms with Crippen molar-refractivity contribution in [1.29, 1.82) is 0 Å². The van der Waals surface area contributed by atoms with Crippen LogP contribution in [0.15, 0.2) is 24.3 Å². The van der Waals surface area contributed by atoms with Crippen LogP contribution in [0.25, 0.3) is 0 Å². The van der Waals surface area contributed by atoms with E-state index in [0.29, 0.717) is 24.5 Å². The van der Waals surface area contributed by atoms with Crippen molar-refractivity contribution in [2.24, 2.45) is 0 Å². The van der Waals surface area contributed by atoms with Crippen molar-refractivity contribution in [3.05, 3.63) is 34.9 Å². The van der Waals surface area contributed by atoms with Gasteiger partial charge in [-0.1, -0.05) is 30.2 Å². The van der Waals surface area contributed by atoms with Gasteiger partial charge < -0.3 is 15.7 Å². The fraction of sp³-hybridized carbons (Fsp3) is 0.467. The Kier molecular flexibility index (Phi) is 8.28. The van der Waals surface area contributed by atoms with Gasteiger partial charge in [-0.2, -0.15) is 0 Å². The molecular formula is C15H21ClN2O3. The Morgan fingerprint density at radius 2 is 1.67 bits per heavy atom. The molecule has 116 valence electrons. The van der Waals surface area contributed by atoms with Gasteiger partial charge in [-0.25, -0.2) is 4.79 Å². The second-order valence-corrected chi connectivity index (χ2v) is 5.20. The zero-order chi connectivity index (χ0) is 15.5. The first-order valence-corrected chi connectivity index (χ1v) is 7.43. The number of benzene rings is 1. The molecule has 0 heterocycles. The average Bonchev–Trinajstić information content (AvgIpc) is 2.44. The molecule has 3 N–H and O–H groups in total. The summed E-state index contributed by atoms with van der Waals surface area (Å²) in [5.41, 5.74) is 1.12. The highest BCUT2D eigenvalue weighted by Crippen LogP contribution is 2.09. The number of carboxylic acid groups (broad SMARTS) is 1. The van der Waals surface area contributed by atoms with Crippen LogP contribution in [0.2, 0.25) is 5.02 Å². The number of hydrogen-bond donors (Lipinski definition) is 3. The predicted octanol–water partition coefficient (Wildman–Crippen LogP) is 2.83. The van der Waals surface area contributed by atoms with Crippen molar-refractivity contribution in [3.8, 4) is 0 Å². The highest BCUT2D eigenvalue weighted by atomic mass is 35.5. The average molecular weight is 313 g/mol. The molecule has 0 atom stereocenters. The van der Waals surface area contributed by atoms with Crippen LogP contribution in [0, 0.1) is 0 Å². The third kappa shape index (κ3) is 8.92. The van der Waals surface area contributed by atoms with Crippen LogP contribution in [-0.2, 0) is 11.2 Å². The van der Waals surface area contributed by atoms with Gasteiger partial charge in [0, 0.05) is 24.5 Å². The van der Waals surface area contributed by atoms with Crippen molar-refractivity contribution in [2.45, 2.75) is 32.1 Å². The first-order valence-electron chi connectivity index (χ1n) is 7.06. The van der Waals surface area contributed by atoms with Gasteiger partial charge >= 0.3 is 12.0 Å². The molecule has 6 heteroatoms. The molecular weight excluding hydrogens is 292 g/mol. The van der Waals surface area contributed by atoms with Crippen LogP contribution in [0.4, 0.5) is 4.79 Å². The maximum absolute atomic E-state index is 11.5. The summed E-state index contributed by atoms with van der Waals surface area (Å²) in [5.74, 6) is -0.775. The molecule has 0 saturated heterocycles. The molecule has 0 aliphatic heterocycles. The summed E-state index contributed by atoms with van der Waals surface area (Å²) in [6.07, 6.45) is 3.18. The molecule has 21 heavy (non-hydrogen) atoms. The lowest BCUT2D eigenvalue weighted by molar-refractivity contribution is -0.137. The van der Waals surface area contributed by atoms with Crippen molar-refractivity contribution in [2.75, 3.05) is 13.1 Å². The van der Waals surface area contributed by atoms with Crippen molar-refractivity contribution >= 4 is 23.6 Å². The quantitative estimate of drug-likeness (QED) is 0.613. The Labute approximate surface area is 129 Å². The number of nitrogens with one attached hydrogen (secondary N) is 2. The summed E-state index contributed by atoms with van der Waals surface area (Å²) in [5, 5.41) is 14.7. The molecule has 0 radical (unpaired) electrons. The Morgan fingerprint density at radius 1 is 1.00 bits per heavy atom. The van der Waals surface area contributed by atoms with E-state index >= 15 is 0 Å². The van der Waals surface area contributed by atoms with Gasteiger partial charge in [-0.05, 0) is 37.0 Å². The lowest BCUT2D eigenvalue weighted by Crippen LogP contribution is -2.37. The van der Waals surface area contributed by atoms with Gasteiger partial charge in [0.2, 0.25) is 0 Å². The van der Waals surface area contributed by atoms with E-state index in [2.05, 4.69) is 10.6 Å². The number of amides is 2. The maximum atomic E-state index is 11.5. The van der Waals surface area contributed by atoms with Crippen LogP contribution >= 0.6 is 11.6 Å². The molecule has 0 aromatic heterocycles. The molecule has 0 spiro atoms. The zero-order valence-corrected chi connectivity index (χ0v) is 12.7. The predicted molar refractivity (Wildman–Crippen MR) is 82.7 cm³/mol. The summed E-state index contributed by atoms with van der Waals surface area (Å²) in [6, 6.07) is 7.33. The lowest BCUT2D eigenvalue weighted by Gasteiger charge is -2.07. The fourth-order valence-corrected chi connectivity index (χ4v) is 1.94. The summed E-state index contributed by atoms with van der Waals surface area (Å²) >= 11 is 5.79. The van der Waals surface area contributed by atoms with Crippen LogP contribution in [0.3, 0.4) is 0 Å². The SMILES string of the molecule is O=C(O)CCCCCNC(=O)NCCc1ccc(Cl)cc1. The number of unbranched alkanes of at least 4 members (excludes halogenated alkanes) is 2. The molecule has 2 amide bonds. The number of hydrogen-bond acceptors (Lipinski definition) is 2. The largest absolute Gasteiger partial charge is 0.481 e. The summed E-state index contributed by atoms with van der Waals surface area (Å²) in [6.45, 7) is 1.12. The number of halogens is 1.